The number of halogens is 5. The molecule has 0 radical (unpaired) electrons. The minimum atomic E-state index is -1.47. The van der Waals surface area contributed by atoms with Gasteiger partial charge in [-0.1, -0.05) is 15.9 Å². The Morgan fingerprint density at radius 2 is 1.67 bits per heavy atom. The third-order valence-electron chi connectivity index (χ3n) is 2.81. The lowest BCUT2D eigenvalue weighted by Gasteiger charge is -2.13. The van der Waals surface area contributed by atoms with Gasteiger partial charge in [-0.3, -0.25) is 0 Å². The van der Waals surface area contributed by atoms with Crippen LogP contribution in [0.25, 0.3) is 0 Å². The number of anilines is 1. The van der Waals surface area contributed by atoms with Gasteiger partial charge in [0.2, 0.25) is 0 Å². The number of ether oxygens (including phenoxy) is 1. The molecule has 2 aromatic carbocycles. The average molecular weight is 364 g/mol. The summed E-state index contributed by atoms with van der Waals surface area (Å²) in [7, 11) is 1.44. The summed E-state index contributed by atoms with van der Waals surface area (Å²) in [6, 6.07) is 5.21. The van der Waals surface area contributed by atoms with Crippen LogP contribution in [0.1, 0.15) is 5.56 Å². The van der Waals surface area contributed by atoms with Gasteiger partial charge in [0.25, 0.3) is 0 Å². The molecule has 0 saturated heterocycles. The number of nitrogens with one attached hydrogen (secondary N) is 1. The van der Waals surface area contributed by atoms with E-state index in [-0.39, 0.29) is 12.6 Å². The molecule has 0 bridgehead atoms. The largest absolute Gasteiger partial charge is 0.496 e. The summed E-state index contributed by atoms with van der Waals surface area (Å²) >= 11 is 3.25. The van der Waals surface area contributed by atoms with Crippen molar-refractivity contribution in [3.05, 3.63) is 57.6 Å². The van der Waals surface area contributed by atoms with Gasteiger partial charge in [-0.25, -0.2) is 17.6 Å². The zero-order chi connectivity index (χ0) is 15.6. The Morgan fingerprint density at radius 3 is 2.24 bits per heavy atom. The molecular weight excluding hydrogens is 354 g/mol. The second kappa shape index (κ2) is 6.34. The molecule has 0 aliphatic rings. The molecule has 2 rings (SSSR count). The van der Waals surface area contributed by atoms with Gasteiger partial charge in [-0.05, 0) is 18.2 Å². The van der Waals surface area contributed by atoms with Crippen molar-refractivity contribution in [2.45, 2.75) is 6.54 Å². The van der Waals surface area contributed by atoms with Gasteiger partial charge in [0.1, 0.15) is 11.4 Å². The van der Waals surface area contributed by atoms with E-state index in [0.29, 0.717) is 11.3 Å². The second-order valence-electron chi connectivity index (χ2n) is 4.15. The fourth-order valence-electron chi connectivity index (χ4n) is 1.80. The lowest BCUT2D eigenvalue weighted by atomic mass is 10.2. The third-order valence-corrected chi connectivity index (χ3v) is 3.30. The predicted octanol–water partition coefficient (Wildman–Crippen LogP) is 4.63. The molecular formula is C14H10BrF4NO. The van der Waals surface area contributed by atoms with Crippen molar-refractivity contribution >= 4 is 21.6 Å². The monoisotopic (exact) mass is 363 g/mol. The quantitative estimate of drug-likeness (QED) is 0.631. The van der Waals surface area contributed by atoms with E-state index in [0.717, 1.165) is 4.47 Å². The Bertz CT molecular complexity index is 652. The SMILES string of the molecule is COc1ccc(Br)cc1CNc1c(F)c(F)cc(F)c1F. The highest BCUT2D eigenvalue weighted by atomic mass is 79.9. The van der Waals surface area contributed by atoms with Crippen molar-refractivity contribution in [3.8, 4) is 5.75 Å². The Hall–Kier alpha value is -1.76. The van der Waals surface area contributed by atoms with Crippen LogP contribution in [0.3, 0.4) is 0 Å². The van der Waals surface area contributed by atoms with Crippen molar-refractivity contribution in [2.24, 2.45) is 0 Å². The van der Waals surface area contributed by atoms with Crippen molar-refractivity contribution in [1.29, 1.82) is 0 Å². The molecule has 0 heterocycles. The molecule has 0 aliphatic heterocycles. The summed E-state index contributed by atoms with van der Waals surface area (Å²) in [5.74, 6) is -5.38. The van der Waals surface area contributed by atoms with Crippen molar-refractivity contribution in [1.82, 2.24) is 0 Å². The Morgan fingerprint density at radius 1 is 1.05 bits per heavy atom. The van der Waals surface area contributed by atoms with Crippen molar-refractivity contribution < 1.29 is 22.3 Å². The molecule has 0 aliphatic carbocycles. The third kappa shape index (κ3) is 3.29. The standard InChI is InChI=1S/C14H10BrF4NO/c1-21-11-3-2-8(15)4-7(11)6-20-14-12(18)9(16)5-10(17)13(14)19/h2-5,20H,6H2,1H3. The maximum atomic E-state index is 13.5. The first-order chi connectivity index (χ1) is 9.93. The smallest absolute Gasteiger partial charge is 0.185 e. The Kier molecular flexibility index (Phi) is 4.72. The number of hydrogen-bond acceptors (Lipinski definition) is 2. The van der Waals surface area contributed by atoms with E-state index < -0.39 is 29.0 Å². The van der Waals surface area contributed by atoms with E-state index in [1.807, 2.05) is 0 Å². The highest BCUT2D eigenvalue weighted by Crippen LogP contribution is 2.27. The maximum absolute atomic E-state index is 13.5. The van der Waals surface area contributed by atoms with Gasteiger partial charge in [0.15, 0.2) is 23.3 Å². The summed E-state index contributed by atoms with van der Waals surface area (Å²) < 4.78 is 59.1. The van der Waals surface area contributed by atoms with Crippen LogP contribution in [0.4, 0.5) is 23.2 Å². The van der Waals surface area contributed by atoms with E-state index in [1.165, 1.54) is 7.11 Å². The molecule has 0 spiro atoms. The van der Waals surface area contributed by atoms with Gasteiger partial charge in [0, 0.05) is 22.6 Å². The van der Waals surface area contributed by atoms with Crippen LogP contribution in [0.5, 0.6) is 5.75 Å². The lowest BCUT2D eigenvalue weighted by molar-refractivity contribution is 0.410. The first kappa shape index (κ1) is 15.6. The topological polar surface area (TPSA) is 21.3 Å². The van der Waals surface area contributed by atoms with Crippen LogP contribution in [0.2, 0.25) is 0 Å². The Labute approximate surface area is 126 Å². The molecule has 0 amide bonds. The number of benzene rings is 2. The first-order valence-electron chi connectivity index (χ1n) is 5.83. The molecule has 112 valence electrons. The molecule has 21 heavy (non-hydrogen) atoms. The molecule has 0 unspecified atom stereocenters. The molecule has 2 nitrogen and oxygen atoms in total. The molecule has 7 heteroatoms. The first-order valence-corrected chi connectivity index (χ1v) is 6.62. The average Bonchev–Trinajstić information content (AvgIpc) is 2.45. The summed E-state index contributed by atoms with van der Waals surface area (Å²) in [5.41, 5.74) is -0.287. The van der Waals surface area contributed by atoms with Crippen molar-refractivity contribution in [3.63, 3.8) is 0 Å². The van der Waals surface area contributed by atoms with E-state index in [9.17, 15) is 17.6 Å². The molecule has 2 aromatic rings. The summed E-state index contributed by atoms with van der Waals surface area (Å²) in [4.78, 5) is 0. The molecule has 0 saturated carbocycles. The van der Waals surface area contributed by atoms with Gasteiger partial charge >= 0.3 is 0 Å². The maximum Gasteiger partial charge on any atom is 0.185 e. The summed E-state index contributed by atoms with van der Waals surface area (Å²) in [6.07, 6.45) is 0. The highest BCUT2D eigenvalue weighted by molar-refractivity contribution is 9.10. The molecule has 1 N–H and O–H groups in total. The van der Waals surface area contributed by atoms with Crippen LogP contribution in [0.15, 0.2) is 28.7 Å². The van der Waals surface area contributed by atoms with Crippen LogP contribution >= 0.6 is 15.9 Å². The zero-order valence-electron chi connectivity index (χ0n) is 10.8. The van der Waals surface area contributed by atoms with Crippen LogP contribution in [-0.2, 0) is 6.54 Å². The van der Waals surface area contributed by atoms with E-state index in [1.54, 1.807) is 18.2 Å². The van der Waals surface area contributed by atoms with Crippen LogP contribution in [0, 0.1) is 23.3 Å². The summed E-state index contributed by atoms with van der Waals surface area (Å²) in [6.45, 7) is -0.0701. The zero-order valence-corrected chi connectivity index (χ0v) is 12.4. The van der Waals surface area contributed by atoms with Crippen molar-refractivity contribution in [2.75, 3.05) is 12.4 Å². The lowest BCUT2D eigenvalue weighted by Crippen LogP contribution is -2.08. The van der Waals surface area contributed by atoms with E-state index in [2.05, 4.69) is 21.2 Å². The highest BCUT2D eigenvalue weighted by Gasteiger charge is 2.19. The minimum Gasteiger partial charge on any atom is -0.496 e. The fraction of sp³-hybridized carbons (Fsp3) is 0.143. The van der Waals surface area contributed by atoms with Gasteiger partial charge in [0.05, 0.1) is 7.11 Å². The van der Waals surface area contributed by atoms with Gasteiger partial charge in [-0.2, -0.15) is 0 Å². The fourth-order valence-corrected chi connectivity index (χ4v) is 2.21. The van der Waals surface area contributed by atoms with Crippen LogP contribution in [-0.4, -0.2) is 7.11 Å². The number of rotatable bonds is 4. The Balaban J connectivity index is 2.31. The summed E-state index contributed by atoms with van der Waals surface area (Å²) in [5, 5.41) is 2.35. The van der Waals surface area contributed by atoms with Crippen LogP contribution < -0.4 is 10.1 Å². The molecule has 0 atom stereocenters. The molecule has 0 fully saturated rings. The van der Waals surface area contributed by atoms with E-state index in [4.69, 9.17) is 4.74 Å². The minimum absolute atomic E-state index is 0.0701. The van der Waals surface area contributed by atoms with E-state index >= 15 is 0 Å². The second-order valence-corrected chi connectivity index (χ2v) is 5.07. The van der Waals surface area contributed by atoms with Gasteiger partial charge < -0.3 is 10.1 Å². The number of hydrogen-bond donors (Lipinski definition) is 1. The normalized spacial score (nSPS) is 10.6. The predicted molar refractivity (Wildman–Crippen MR) is 74.3 cm³/mol. The number of methoxy groups -OCH3 is 1. The van der Waals surface area contributed by atoms with Gasteiger partial charge in [-0.15, -0.1) is 0 Å². The molecule has 0 aromatic heterocycles.